The van der Waals surface area contributed by atoms with E-state index >= 15 is 0 Å². The lowest BCUT2D eigenvalue weighted by Gasteiger charge is -2.28. The number of hydrogen-bond acceptors (Lipinski definition) is 5. The number of carbonyl (C=O) groups excluding carboxylic acids is 2. The lowest BCUT2D eigenvalue weighted by Crippen LogP contribution is -2.50. The highest BCUT2D eigenvalue weighted by molar-refractivity contribution is 5.98. The Labute approximate surface area is 270 Å². The van der Waals surface area contributed by atoms with Crippen molar-refractivity contribution >= 4 is 11.8 Å². The molecule has 3 aromatic carbocycles. The number of halogens is 3. The second-order valence-electron chi connectivity index (χ2n) is 12.0. The standard InChI is InChI=1S/C36H37F3N4O4/c1-23(25-12-7-4-8-13-25)43(2)34(47)26-19-30(41-32(45)20-26)33(46)42-29(18-24-10-5-3-6-11-24)31(44)22-40-35(16-17-35)27-14-9-15-28(21-27)36(37,38)39/h3-15,19-21,23,29,31,40,44H,16-18,22H2,1-2H3,(H,41,45)(H,42,46)/t23-,29+,31-/m1/s1. The third-order valence-electron chi connectivity index (χ3n) is 8.74. The topological polar surface area (TPSA) is 115 Å². The summed E-state index contributed by atoms with van der Waals surface area (Å²) < 4.78 is 40.1. The zero-order valence-corrected chi connectivity index (χ0v) is 26.1. The second kappa shape index (κ2) is 13.9. The van der Waals surface area contributed by atoms with E-state index in [1.54, 1.807) is 13.1 Å². The van der Waals surface area contributed by atoms with Gasteiger partial charge in [-0.1, -0.05) is 72.8 Å². The average molecular weight is 647 g/mol. The van der Waals surface area contributed by atoms with Crippen molar-refractivity contribution in [2.45, 2.75) is 56.1 Å². The first kappa shape index (κ1) is 33.6. The van der Waals surface area contributed by atoms with Crippen LogP contribution in [0.25, 0.3) is 0 Å². The molecule has 1 aliphatic carbocycles. The average Bonchev–Trinajstić information content (AvgIpc) is 3.87. The summed E-state index contributed by atoms with van der Waals surface area (Å²) in [6.07, 6.45) is -4.22. The van der Waals surface area contributed by atoms with Gasteiger partial charge in [0, 0.05) is 30.8 Å². The quantitative estimate of drug-likeness (QED) is 0.169. The molecule has 2 amide bonds. The molecule has 47 heavy (non-hydrogen) atoms. The highest BCUT2D eigenvalue weighted by Crippen LogP contribution is 2.46. The lowest BCUT2D eigenvalue weighted by atomic mass is 9.98. The summed E-state index contributed by atoms with van der Waals surface area (Å²) in [6, 6.07) is 25.0. The molecule has 0 bridgehead atoms. The van der Waals surface area contributed by atoms with Crippen LogP contribution in [0.15, 0.2) is 102 Å². The van der Waals surface area contributed by atoms with Gasteiger partial charge in [-0.25, -0.2) is 0 Å². The fourth-order valence-corrected chi connectivity index (χ4v) is 5.65. The number of rotatable bonds is 12. The van der Waals surface area contributed by atoms with Gasteiger partial charge in [0.1, 0.15) is 5.69 Å². The fourth-order valence-electron chi connectivity index (χ4n) is 5.65. The molecule has 0 spiro atoms. The molecule has 1 saturated carbocycles. The van der Waals surface area contributed by atoms with Crippen molar-refractivity contribution in [1.82, 2.24) is 20.5 Å². The normalized spacial score (nSPS) is 15.7. The molecule has 1 heterocycles. The number of aliphatic hydroxyl groups is 1. The van der Waals surface area contributed by atoms with Gasteiger partial charge in [0.25, 0.3) is 11.8 Å². The molecule has 11 heteroatoms. The molecule has 246 valence electrons. The highest BCUT2D eigenvalue weighted by atomic mass is 19.4. The van der Waals surface area contributed by atoms with Crippen LogP contribution in [0, 0.1) is 0 Å². The predicted molar refractivity (Wildman–Crippen MR) is 172 cm³/mol. The predicted octanol–water partition coefficient (Wildman–Crippen LogP) is 5.21. The van der Waals surface area contributed by atoms with E-state index in [0.717, 1.165) is 29.3 Å². The maximum atomic E-state index is 13.5. The number of amides is 2. The van der Waals surface area contributed by atoms with Gasteiger partial charge in [-0.2, -0.15) is 13.2 Å². The zero-order chi connectivity index (χ0) is 33.8. The van der Waals surface area contributed by atoms with Crippen LogP contribution in [-0.2, 0) is 18.1 Å². The van der Waals surface area contributed by atoms with E-state index in [1.165, 1.54) is 17.0 Å². The lowest BCUT2D eigenvalue weighted by molar-refractivity contribution is -0.137. The zero-order valence-electron chi connectivity index (χ0n) is 26.1. The minimum Gasteiger partial charge on any atom is -0.390 e. The van der Waals surface area contributed by atoms with E-state index in [-0.39, 0.29) is 30.3 Å². The van der Waals surface area contributed by atoms with Gasteiger partial charge in [0.05, 0.1) is 23.8 Å². The largest absolute Gasteiger partial charge is 0.416 e. The third kappa shape index (κ3) is 8.16. The van der Waals surface area contributed by atoms with Crippen molar-refractivity contribution in [2.24, 2.45) is 0 Å². The number of aromatic nitrogens is 1. The molecule has 1 fully saturated rings. The Morgan fingerprint density at radius 2 is 1.62 bits per heavy atom. The van der Waals surface area contributed by atoms with Crippen molar-refractivity contribution in [3.05, 3.63) is 141 Å². The maximum Gasteiger partial charge on any atom is 0.416 e. The number of aromatic amines is 1. The summed E-state index contributed by atoms with van der Waals surface area (Å²) in [7, 11) is 1.62. The smallest absolute Gasteiger partial charge is 0.390 e. The van der Waals surface area contributed by atoms with Crippen LogP contribution in [0.5, 0.6) is 0 Å². The first-order valence-corrected chi connectivity index (χ1v) is 15.4. The van der Waals surface area contributed by atoms with Crippen molar-refractivity contribution in [3.63, 3.8) is 0 Å². The van der Waals surface area contributed by atoms with E-state index in [2.05, 4.69) is 15.6 Å². The van der Waals surface area contributed by atoms with E-state index < -0.39 is 46.8 Å². The number of H-pyrrole nitrogens is 1. The van der Waals surface area contributed by atoms with Crippen molar-refractivity contribution in [2.75, 3.05) is 13.6 Å². The minimum atomic E-state index is -4.48. The summed E-state index contributed by atoms with van der Waals surface area (Å²) in [4.78, 5) is 43.5. The molecule has 3 atom stereocenters. The number of alkyl halides is 3. The number of benzene rings is 3. The number of hydrogen-bond donors (Lipinski definition) is 4. The molecule has 1 aliphatic rings. The van der Waals surface area contributed by atoms with Gasteiger partial charge in [-0.05, 0) is 61.1 Å². The Morgan fingerprint density at radius 1 is 0.957 bits per heavy atom. The molecule has 4 N–H and O–H groups in total. The van der Waals surface area contributed by atoms with Gasteiger partial charge >= 0.3 is 6.18 Å². The SMILES string of the molecule is C[C@H](c1ccccc1)N(C)C(=O)c1cc(C(=O)N[C@@H](Cc2ccccc2)[C@H](O)CNC2(c3cccc(C(F)(F)F)c3)CC2)[nH]c(=O)c1. The molecular formula is C36H37F3N4O4. The van der Waals surface area contributed by atoms with Crippen LogP contribution >= 0.6 is 0 Å². The summed E-state index contributed by atoms with van der Waals surface area (Å²) in [5.74, 6) is -1.15. The van der Waals surface area contributed by atoms with Crippen LogP contribution in [-0.4, -0.2) is 52.5 Å². The van der Waals surface area contributed by atoms with Gasteiger partial charge < -0.3 is 25.6 Å². The first-order valence-electron chi connectivity index (χ1n) is 15.4. The van der Waals surface area contributed by atoms with E-state index in [9.17, 15) is 32.7 Å². The molecule has 5 rings (SSSR count). The van der Waals surface area contributed by atoms with E-state index in [0.29, 0.717) is 18.4 Å². The van der Waals surface area contributed by atoms with Gasteiger partial charge in [-0.15, -0.1) is 0 Å². The summed E-state index contributed by atoms with van der Waals surface area (Å²) in [5.41, 5.74) is -0.0113. The van der Waals surface area contributed by atoms with Crippen LogP contribution in [0.2, 0.25) is 0 Å². The second-order valence-corrected chi connectivity index (χ2v) is 12.0. The van der Waals surface area contributed by atoms with Crippen LogP contribution in [0.1, 0.15) is 68.9 Å². The number of carbonyl (C=O) groups is 2. The molecule has 0 unspecified atom stereocenters. The summed E-state index contributed by atoms with van der Waals surface area (Å²) in [5, 5.41) is 17.4. The van der Waals surface area contributed by atoms with E-state index in [1.807, 2.05) is 67.6 Å². The Bertz CT molecular complexity index is 1760. The summed E-state index contributed by atoms with van der Waals surface area (Å²) >= 11 is 0. The number of nitrogens with zero attached hydrogens (tertiary/aromatic N) is 1. The number of aliphatic hydroxyl groups excluding tert-OH is 1. The number of pyridine rings is 1. The molecule has 1 aromatic heterocycles. The molecule has 0 radical (unpaired) electrons. The number of nitrogens with one attached hydrogen (secondary N) is 3. The molecule has 8 nitrogen and oxygen atoms in total. The Morgan fingerprint density at radius 3 is 2.26 bits per heavy atom. The van der Waals surface area contributed by atoms with Gasteiger partial charge in [-0.3, -0.25) is 14.4 Å². The minimum absolute atomic E-state index is 0.0226. The molecule has 0 aliphatic heterocycles. The van der Waals surface area contributed by atoms with E-state index in [4.69, 9.17) is 0 Å². The van der Waals surface area contributed by atoms with Crippen LogP contribution in [0.4, 0.5) is 13.2 Å². The summed E-state index contributed by atoms with van der Waals surface area (Å²) in [6.45, 7) is 1.83. The van der Waals surface area contributed by atoms with Gasteiger partial charge in [0.15, 0.2) is 0 Å². The van der Waals surface area contributed by atoms with Crippen LogP contribution < -0.4 is 16.2 Å². The molecule has 0 saturated heterocycles. The Balaban J connectivity index is 1.32. The van der Waals surface area contributed by atoms with Crippen LogP contribution in [0.3, 0.4) is 0 Å². The first-order chi connectivity index (χ1) is 22.4. The maximum absolute atomic E-state index is 13.5. The van der Waals surface area contributed by atoms with Crippen molar-refractivity contribution in [3.8, 4) is 0 Å². The van der Waals surface area contributed by atoms with Crippen molar-refractivity contribution in [1.29, 1.82) is 0 Å². The monoisotopic (exact) mass is 646 g/mol. The van der Waals surface area contributed by atoms with Crippen molar-refractivity contribution < 1.29 is 27.9 Å². The Kier molecular flexibility index (Phi) is 9.97. The highest BCUT2D eigenvalue weighted by Gasteiger charge is 2.45. The molecular weight excluding hydrogens is 609 g/mol. The fraction of sp³-hybridized carbons (Fsp3) is 0.306. The molecule has 4 aromatic rings. The van der Waals surface area contributed by atoms with Gasteiger partial charge in [0.2, 0.25) is 5.56 Å². The Hall–Kier alpha value is -4.74. The third-order valence-corrected chi connectivity index (χ3v) is 8.74.